The molecule has 0 aliphatic carbocycles. The van der Waals surface area contributed by atoms with E-state index < -0.39 is 0 Å². The van der Waals surface area contributed by atoms with E-state index in [2.05, 4.69) is 10.4 Å². The first-order valence-electron chi connectivity index (χ1n) is 7.55. The number of nitrogens with zero attached hydrogens (tertiary/aromatic N) is 2. The van der Waals surface area contributed by atoms with E-state index in [4.69, 9.17) is 16.7 Å². The van der Waals surface area contributed by atoms with Gasteiger partial charge in [0.15, 0.2) is 0 Å². The van der Waals surface area contributed by atoms with Crippen molar-refractivity contribution >= 4 is 17.5 Å². The number of carbonyl (C=O) groups excluding carboxylic acids is 1. The van der Waals surface area contributed by atoms with Gasteiger partial charge in [-0.2, -0.15) is 5.10 Å². The van der Waals surface area contributed by atoms with Crippen LogP contribution in [0.25, 0.3) is 5.69 Å². The van der Waals surface area contributed by atoms with E-state index in [1.54, 1.807) is 11.6 Å². The van der Waals surface area contributed by atoms with E-state index in [1.807, 2.05) is 39.0 Å². The van der Waals surface area contributed by atoms with Crippen LogP contribution in [-0.2, 0) is 11.2 Å². The molecule has 2 N–H and O–H groups in total. The first-order valence-corrected chi connectivity index (χ1v) is 7.93. The molecule has 23 heavy (non-hydrogen) atoms. The van der Waals surface area contributed by atoms with E-state index >= 15 is 0 Å². The van der Waals surface area contributed by atoms with Crippen molar-refractivity contribution in [3.63, 3.8) is 0 Å². The molecule has 1 heterocycles. The molecule has 0 aliphatic heterocycles. The lowest BCUT2D eigenvalue weighted by atomic mass is 10.1. The van der Waals surface area contributed by atoms with Gasteiger partial charge in [-0.15, -0.1) is 0 Å². The normalized spacial score (nSPS) is 12.3. The number of rotatable bonds is 5. The Labute approximate surface area is 141 Å². The topological polar surface area (TPSA) is 67.2 Å². The standard InChI is InChI=1S/C17H22ClN3O2/c1-10-5-6-14(7-16(10)18)21-13(4)15(12(3)20-21)8-17(23)19-11(2)9-22/h5-7,11,22H,8-9H2,1-4H3,(H,19,23). The van der Waals surface area contributed by atoms with E-state index in [1.165, 1.54) is 0 Å². The van der Waals surface area contributed by atoms with Crippen molar-refractivity contribution in [3.05, 3.63) is 45.7 Å². The van der Waals surface area contributed by atoms with Crippen LogP contribution in [0.2, 0.25) is 5.02 Å². The van der Waals surface area contributed by atoms with Gasteiger partial charge in [-0.05, 0) is 45.4 Å². The highest BCUT2D eigenvalue weighted by Gasteiger charge is 2.17. The maximum atomic E-state index is 12.1. The van der Waals surface area contributed by atoms with E-state index in [9.17, 15) is 4.79 Å². The van der Waals surface area contributed by atoms with Crippen molar-refractivity contribution in [2.45, 2.75) is 40.2 Å². The molecule has 0 fully saturated rings. The summed E-state index contributed by atoms with van der Waals surface area (Å²) in [6, 6.07) is 5.52. The zero-order chi connectivity index (χ0) is 17.1. The molecule has 0 saturated heterocycles. The van der Waals surface area contributed by atoms with E-state index in [0.717, 1.165) is 28.2 Å². The fourth-order valence-corrected chi connectivity index (χ4v) is 2.60. The summed E-state index contributed by atoms with van der Waals surface area (Å²) >= 11 is 6.19. The zero-order valence-electron chi connectivity index (χ0n) is 13.9. The fraction of sp³-hybridized carbons (Fsp3) is 0.412. The van der Waals surface area contributed by atoms with Crippen molar-refractivity contribution < 1.29 is 9.90 Å². The van der Waals surface area contributed by atoms with Crippen LogP contribution in [0.15, 0.2) is 18.2 Å². The van der Waals surface area contributed by atoms with Crippen LogP contribution in [0, 0.1) is 20.8 Å². The minimum absolute atomic E-state index is 0.0785. The number of carbonyl (C=O) groups is 1. The third kappa shape index (κ3) is 3.92. The van der Waals surface area contributed by atoms with Crippen LogP contribution in [0.1, 0.15) is 29.4 Å². The lowest BCUT2D eigenvalue weighted by Crippen LogP contribution is -2.36. The molecule has 5 nitrogen and oxygen atoms in total. The molecule has 0 radical (unpaired) electrons. The molecule has 0 aliphatic rings. The van der Waals surface area contributed by atoms with Gasteiger partial charge in [-0.1, -0.05) is 17.7 Å². The predicted octanol–water partition coefficient (Wildman–Crippen LogP) is 2.49. The molecule has 1 amide bonds. The van der Waals surface area contributed by atoms with Crippen LogP contribution >= 0.6 is 11.6 Å². The molecule has 0 spiro atoms. The van der Waals surface area contributed by atoms with Gasteiger partial charge in [0.25, 0.3) is 0 Å². The van der Waals surface area contributed by atoms with Crippen LogP contribution in [-0.4, -0.2) is 33.4 Å². The Hall–Kier alpha value is -1.85. The Morgan fingerprint density at radius 2 is 2.09 bits per heavy atom. The first kappa shape index (κ1) is 17.5. The second-order valence-electron chi connectivity index (χ2n) is 5.82. The molecule has 1 unspecified atom stereocenters. The summed E-state index contributed by atoms with van der Waals surface area (Å²) in [7, 11) is 0. The smallest absolute Gasteiger partial charge is 0.224 e. The molecule has 1 atom stereocenters. The Kier molecular flexibility index (Phi) is 5.44. The number of benzene rings is 1. The van der Waals surface area contributed by atoms with Crippen LogP contribution in [0.5, 0.6) is 0 Å². The molecule has 2 rings (SSSR count). The Morgan fingerprint density at radius 3 is 2.70 bits per heavy atom. The van der Waals surface area contributed by atoms with Crippen molar-refractivity contribution in [1.29, 1.82) is 0 Å². The van der Waals surface area contributed by atoms with E-state index in [0.29, 0.717) is 5.02 Å². The second kappa shape index (κ2) is 7.15. The average molecular weight is 336 g/mol. The summed E-state index contributed by atoms with van der Waals surface area (Å²) < 4.78 is 1.80. The monoisotopic (exact) mass is 335 g/mol. The Morgan fingerprint density at radius 1 is 1.39 bits per heavy atom. The molecule has 1 aromatic carbocycles. The summed E-state index contributed by atoms with van der Waals surface area (Å²) in [6.45, 7) is 7.45. The van der Waals surface area contributed by atoms with Gasteiger partial charge in [0.05, 0.1) is 24.4 Å². The minimum Gasteiger partial charge on any atom is -0.394 e. The minimum atomic E-state index is -0.255. The molecular formula is C17H22ClN3O2. The predicted molar refractivity (Wildman–Crippen MR) is 91.2 cm³/mol. The van der Waals surface area contributed by atoms with Gasteiger partial charge in [-0.3, -0.25) is 4.79 Å². The van der Waals surface area contributed by atoms with Crippen LogP contribution in [0.3, 0.4) is 0 Å². The number of halogens is 1. The summed E-state index contributed by atoms with van der Waals surface area (Å²) in [5.41, 5.74) is 4.50. The van der Waals surface area contributed by atoms with Gasteiger partial charge in [0.1, 0.15) is 0 Å². The second-order valence-corrected chi connectivity index (χ2v) is 6.23. The molecule has 2 aromatic rings. The SMILES string of the molecule is Cc1ccc(-n2nc(C)c(CC(=O)NC(C)CO)c2C)cc1Cl. The van der Waals surface area contributed by atoms with Crippen LogP contribution in [0.4, 0.5) is 0 Å². The summed E-state index contributed by atoms with van der Waals surface area (Å²) in [5, 5.41) is 17.0. The highest BCUT2D eigenvalue weighted by molar-refractivity contribution is 6.31. The fourth-order valence-electron chi connectivity index (χ4n) is 2.43. The van der Waals surface area contributed by atoms with Crippen molar-refractivity contribution in [2.75, 3.05) is 6.61 Å². The lowest BCUT2D eigenvalue weighted by Gasteiger charge is -2.11. The Balaban J connectivity index is 2.28. The highest BCUT2D eigenvalue weighted by Crippen LogP contribution is 2.23. The quantitative estimate of drug-likeness (QED) is 0.882. The van der Waals surface area contributed by atoms with Crippen molar-refractivity contribution in [3.8, 4) is 5.69 Å². The number of nitrogens with one attached hydrogen (secondary N) is 1. The third-order valence-corrected chi connectivity index (χ3v) is 4.27. The molecule has 1 aromatic heterocycles. The number of aryl methyl sites for hydroxylation is 2. The first-order chi connectivity index (χ1) is 10.8. The average Bonchev–Trinajstić information content (AvgIpc) is 2.78. The molecule has 6 heteroatoms. The van der Waals surface area contributed by atoms with Gasteiger partial charge >= 0.3 is 0 Å². The number of amides is 1. The van der Waals surface area contributed by atoms with Gasteiger partial charge in [0, 0.05) is 22.3 Å². The zero-order valence-corrected chi connectivity index (χ0v) is 14.6. The molecule has 0 saturated carbocycles. The van der Waals surface area contributed by atoms with Crippen LogP contribution < -0.4 is 5.32 Å². The van der Waals surface area contributed by atoms with Crippen molar-refractivity contribution in [2.24, 2.45) is 0 Å². The largest absolute Gasteiger partial charge is 0.394 e. The maximum Gasteiger partial charge on any atom is 0.224 e. The number of aliphatic hydroxyl groups excluding tert-OH is 1. The summed E-state index contributed by atoms with van der Waals surface area (Å²) in [6.07, 6.45) is 0.238. The van der Waals surface area contributed by atoms with Gasteiger partial charge < -0.3 is 10.4 Å². The third-order valence-electron chi connectivity index (χ3n) is 3.86. The maximum absolute atomic E-state index is 12.1. The molecular weight excluding hydrogens is 314 g/mol. The summed E-state index contributed by atoms with van der Waals surface area (Å²) in [4.78, 5) is 12.1. The van der Waals surface area contributed by atoms with Gasteiger partial charge in [-0.25, -0.2) is 4.68 Å². The Bertz CT molecular complexity index is 725. The number of aliphatic hydroxyl groups is 1. The van der Waals surface area contributed by atoms with E-state index in [-0.39, 0.29) is 25.0 Å². The molecule has 0 bridgehead atoms. The lowest BCUT2D eigenvalue weighted by molar-refractivity contribution is -0.121. The number of hydrogen-bond acceptors (Lipinski definition) is 3. The number of hydrogen-bond donors (Lipinski definition) is 2. The van der Waals surface area contributed by atoms with Gasteiger partial charge in [0.2, 0.25) is 5.91 Å². The number of aromatic nitrogens is 2. The summed E-state index contributed by atoms with van der Waals surface area (Å²) in [5.74, 6) is -0.126. The molecule has 124 valence electrons. The van der Waals surface area contributed by atoms with Crippen molar-refractivity contribution in [1.82, 2.24) is 15.1 Å². The highest BCUT2D eigenvalue weighted by atomic mass is 35.5.